The molecule has 2 unspecified atom stereocenters. The topological polar surface area (TPSA) is 30.5 Å². The van der Waals surface area contributed by atoms with Crippen LogP contribution in [0.15, 0.2) is 0 Å². The standard InChI is InChI=1S/C12H25NO2/c1-10(2)15-9-11(13-3)6-7-12-5-4-8-14-12/h10-13H,4-9H2,1-3H3. The van der Waals surface area contributed by atoms with E-state index < -0.39 is 0 Å². The normalized spacial score (nSPS) is 23.6. The first-order valence-corrected chi connectivity index (χ1v) is 6.13. The van der Waals surface area contributed by atoms with Crippen molar-refractivity contribution in [3.63, 3.8) is 0 Å². The van der Waals surface area contributed by atoms with Crippen LogP contribution in [-0.4, -0.2) is 38.5 Å². The first kappa shape index (κ1) is 12.9. The van der Waals surface area contributed by atoms with Crippen LogP contribution in [0.4, 0.5) is 0 Å². The second-order valence-corrected chi connectivity index (χ2v) is 4.58. The molecule has 3 heteroatoms. The van der Waals surface area contributed by atoms with Gasteiger partial charge in [-0.05, 0) is 46.6 Å². The molecule has 0 aromatic heterocycles. The SMILES string of the molecule is CNC(CCC1CCCO1)COC(C)C. The number of rotatable bonds is 7. The fraction of sp³-hybridized carbons (Fsp3) is 1.00. The van der Waals surface area contributed by atoms with Crippen molar-refractivity contribution in [1.82, 2.24) is 5.32 Å². The molecule has 1 N–H and O–H groups in total. The number of likely N-dealkylation sites (N-methyl/N-ethyl adjacent to an activating group) is 1. The van der Waals surface area contributed by atoms with Crippen molar-refractivity contribution in [2.24, 2.45) is 0 Å². The minimum atomic E-state index is 0.323. The molecule has 0 spiro atoms. The van der Waals surface area contributed by atoms with Gasteiger partial charge in [0.1, 0.15) is 0 Å². The van der Waals surface area contributed by atoms with Gasteiger partial charge in [-0.15, -0.1) is 0 Å². The van der Waals surface area contributed by atoms with E-state index in [9.17, 15) is 0 Å². The van der Waals surface area contributed by atoms with Crippen molar-refractivity contribution in [2.75, 3.05) is 20.3 Å². The maximum Gasteiger partial charge on any atom is 0.0622 e. The fourth-order valence-electron chi connectivity index (χ4n) is 1.88. The van der Waals surface area contributed by atoms with Crippen LogP contribution in [0.25, 0.3) is 0 Å². The molecule has 1 saturated heterocycles. The smallest absolute Gasteiger partial charge is 0.0622 e. The Hall–Kier alpha value is -0.120. The zero-order valence-corrected chi connectivity index (χ0v) is 10.3. The monoisotopic (exact) mass is 215 g/mol. The van der Waals surface area contributed by atoms with Crippen molar-refractivity contribution in [3.05, 3.63) is 0 Å². The molecule has 2 atom stereocenters. The Balaban J connectivity index is 2.09. The first-order valence-electron chi connectivity index (χ1n) is 6.13. The molecule has 0 bridgehead atoms. The molecule has 15 heavy (non-hydrogen) atoms. The molecule has 1 aliphatic heterocycles. The lowest BCUT2D eigenvalue weighted by atomic mass is 10.1. The quantitative estimate of drug-likeness (QED) is 0.704. The zero-order chi connectivity index (χ0) is 11.1. The molecular weight excluding hydrogens is 190 g/mol. The minimum absolute atomic E-state index is 0.323. The highest BCUT2D eigenvalue weighted by molar-refractivity contribution is 4.70. The van der Waals surface area contributed by atoms with Gasteiger partial charge in [-0.25, -0.2) is 0 Å². The lowest BCUT2D eigenvalue weighted by Crippen LogP contribution is -2.32. The van der Waals surface area contributed by atoms with Crippen LogP contribution in [-0.2, 0) is 9.47 Å². The van der Waals surface area contributed by atoms with E-state index in [4.69, 9.17) is 9.47 Å². The highest BCUT2D eigenvalue weighted by Crippen LogP contribution is 2.17. The van der Waals surface area contributed by atoms with Crippen LogP contribution >= 0.6 is 0 Å². The van der Waals surface area contributed by atoms with Crippen molar-refractivity contribution >= 4 is 0 Å². The van der Waals surface area contributed by atoms with Crippen LogP contribution in [0, 0.1) is 0 Å². The van der Waals surface area contributed by atoms with E-state index >= 15 is 0 Å². The molecule has 3 nitrogen and oxygen atoms in total. The summed E-state index contributed by atoms with van der Waals surface area (Å²) < 4.78 is 11.2. The van der Waals surface area contributed by atoms with Gasteiger partial charge in [0, 0.05) is 12.6 Å². The molecule has 0 radical (unpaired) electrons. The van der Waals surface area contributed by atoms with Crippen LogP contribution in [0.3, 0.4) is 0 Å². The third kappa shape index (κ3) is 5.50. The van der Waals surface area contributed by atoms with Gasteiger partial charge in [0.25, 0.3) is 0 Å². The van der Waals surface area contributed by atoms with E-state index in [2.05, 4.69) is 19.2 Å². The second kappa shape index (κ2) is 7.20. The minimum Gasteiger partial charge on any atom is -0.378 e. The van der Waals surface area contributed by atoms with Crippen molar-refractivity contribution in [3.8, 4) is 0 Å². The zero-order valence-electron chi connectivity index (χ0n) is 10.3. The van der Waals surface area contributed by atoms with Gasteiger partial charge in [0.05, 0.1) is 18.8 Å². The summed E-state index contributed by atoms with van der Waals surface area (Å²) in [4.78, 5) is 0. The van der Waals surface area contributed by atoms with E-state index in [0.29, 0.717) is 18.2 Å². The summed E-state index contributed by atoms with van der Waals surface area (Å²) in [7, 11) is 2.00. The van der Waals surface area contributed by atoms with Gasteiger partial charge < -0.3 is 14.8 Å². The lowest BCUT2D eigenvalue weighted by Gasteiger charge is -2.19. The van der Waals surface area contributed by atoms with Gasteiger partial charge >= 0.3 is 0 Å². The molecule has 0 aliphatic carbocycles. The predicted octanol–water partition coefficient (Wildman–Crippen LogP) is 1.96. The van der Waals surface area contributed by atoms with Gasteiger partial charge in [-0.1, -0.05) is 0 Å². The molecule has 1 rings (SSSR count). The van der Waals surface area contributed by atoms with E-state index in [-0.39, 0.29) is 0 Å². The van der Waals surface area contributed by atoms with Crippen molar-refractivity contribution in [1.29, 1.82) is 0 Å². The third-order valence-electron chi connectivity index (χ3n) is 2.90. The van der Waals surface area contributed by atoms with E-state index in [1.165, 1.54) is 12.8 Å². The summed E-state index contributed by atoms with van der Waals surface area (Å²) in [6.07, 6.45) is 5.60. The number of nitrogens with one attached hydrogen (secondary N) is 1. The molecule has 1 aliphatic rings. The van der Waals surface area contributed by atoms with Crippen molar-refractivity contribution < 1.29 is 9.47 Å². The van der Waals surface area contributed by atoms with Gasteiger partial charge in [-0.3, -0.25) is 0 Å². The van der Waals surface area contributed by atoms with E-state index in [0.717, 1.165) is 26.1 Å². The fourth-order valence-corrected chi connectivity index (χ4v) is 1.88. The maximum absolute atomic E-state index is 5.61. The molecule has 1 fully saturated rings. The summed E-state index contributed by atoms with van der Waals surface area (Å²) in [6.45, 7) is 5.91. The molecule has 0 saturated carbocycles. The summed E-state index contributed by atoms with van der Waals surface area (Å²) in [6, 6.07) is 0.469. The maximum atomic E-state index is 5.61. The first-order chi connectivity index (χ1) is 7.22. The van der Waals surface area contributed by atoms with Gasteiger partial charge in [-0.2, -0.15) is 0 Å². The molecule has 0 aromatic carbocycles. The molecule has 90 valence electrons. The van der Waals surface area contributed by atoms with Crippen LogP contribution in [0.1, 0.15) is 39.5 Å². The summed E-state index contributed by atoms with van der Waals surface area (Å²) in [5.41, 5.74) is 0. The number of hydrogen-bond acceptors (Lipinski definition) is 3. The predicted molar refractivity (Wildman–Crippen MR) is 62.1 cm³/mol. The largest absolute Gasteiger partial charge is 0.378 e. The van der Waals surface area contributed by atoms with E-state index in [1.807, 2.05) is 7.05 Å². The molecule has 0 amide bonds. The average Bonchev–Trinajstić information content (AvgIpc) is 2.70. The Labute approximate surface area is 93.5 Å². The van der Waals surface area contributed by atoms with Crippen LogP contribution < -0.4 is 5.32 Å². The summed E-state index contributed by atoms with van der Waals surface area (Å²) >= 11 is 0. The Morgan fingerprint density at radius 2 is 2.27 bits per heavy atom. The molecule has 1 heterocycles. The van der Waals surface area contributed by atoms with Gasteiger partial charge in [0.15, 0.2) is 0 Å². The Bertz CT molecular complexity index is 156. The molecule has 0 aromatic rings. The Morgan fingerprint density at radius 3 is 2.80 bits per heavy atom. The second-order valence-electron chi connectivity index (χ2n) is 4.58. The highest BCUT2D eigenvalue weighted by Gasteiger charge is 2.17. The Morgan fingerprint density at radius 1 is 1.47 bits per heavy atom. The highest BCUT2D eigenvalue weighted by atomic mass is 16.5. The van der Waals surface area contributed by atoms with Crippen LogP contribution in [0.5, 0.6) is 0 Å². The van der Waals surface area contributed by atoms with Gasteiger partial charge in [0.2, 0.25) is 0 Å². The lowest BCUT2D eigenvalue weighted by molar-refractivity contribution is 0.0533. The Kier molecular flexibility index (Phi) is 6.22. The summed E-state index contributed by atoms with van der Waals surface area (Å²) in [5.74, 6) is 0. The average molecular weight is 215 g/mol. The summed E-state index contributed by atoms with van der Waals surface area (Å²) in [5, 5.41) is 3.30. The third-order valence-corrected chi connectivity index (χ3v) is 2.90. The van der Waals surface area contributed by atoms with Crippen molar-refractivity contribution in [2.45, 2.75) is 57.8 Å². The van der Waals surface area contributed by atoms with E-state index in [1.54, 1.807) is 0 Å². The molecular formula is C12H25NO2. The van der Waals surface area contributed by atoms with Crippen LogP contribution in [0.2, 0.25) is 0 Å². The number of ether oxygens (including phenoxy) is 2. The number of hydrogen-bond donors (Lipinski definition) is 1.